The van der Waals surface area contributed by atoms with Crippen LogP contribution in [0.1, 0.15) is 38.2 Å². The highest BCUT2D eigenvalue weighted by atomic mass is 19.1. The second kappa shape index (κ2) is 7.70. The van der Waals surface area contributed by atoms with E-state index in [0.29, 0.717) is 32.6 Å². The molecule has 1 saturated heterocycles. The third-order valence-electron chi connectivity index (χ3n) is 4.36. The number of ether oxygens (including phenoxy) is 1. The van der Waals surface area contributed by atoms with Gasteiger partial charge in [0.25, 0.3) is 0 Å². The van der Waals surface area contributed by atoms with Crippen LogP contribution in [0.25, 0.3) is 0 Å². The first-order chi connectivity index (χ1) is 10.5. The maximum absolute atomic E-state index is 13.2. The number of halogens is 1. The number of amides is 1. The summed E-state index contributed by atoms with van der Waals surface area (Å²) in [6.07, 6.45) is 2.77. The summed E-state index contributed by atoms with van der Waals surface area (Å²) in [4.78, 5) is 12.0. The van der Waals surface area contributed by atoms with E-state index in [0.717, 1.165) is 18.4 Å². The van der Waals surface area contributed by atoms with Crippen LogP contribution in [0.15, 0.2) is 24.3 Å². The first-order valence-electron chi connectivity index (χ1n) is 7.88. The van der Waals surface area contributed by atoms with Crippen molar-refractivity contribution in [3.63, 3.8) is 0 Å². The number of hydrogen-bond donors (Lipinski definition) is 2. The summed E-state index contributed by atoms with van der Waals surface area (Å²) in [5, 5.41) is 3.02. The molecule has 1 unspecified atom stereocenters. The summed E-state index contributed by atoms with van der Waals surface area (Å²) in [6, 6.07) is 6.61. The van der Waals surface area contributed by atoms with Crippen molar-refractivity contribution in [1.29, 1.82) is 0 Å². The molecule has 0 saturated carbocycles. The van der Waals surface area contributed by atoms with E-state index in [1.807, 2.05) is 19.1 Å². The zero-order chi connectivity index (χ0) is 16.0. The third kappa shape index (κ3) is 4.52. The van der Waals surface area contributed by atoms with Gasteiger partial charge in [-0.15, -0.1) is 0 Å². The molecule has 4 nitrogen and oxygen atoms in total. The zero-order valence-electron chi connectivity index (χ0n) is 13.1. The van der Waals surface area contributed by atoms with Crippen molar-refractivity contribution in [2.24, 2.45) is 5.73 Å². The van der Waals surface area contributed by atoms with Crippen molar-refractivity contribution in [2.45, 2.75) is 44.1 Å². The van der Waals surface area contributed by atoms with Crippen LogP contribution < -0.4 is 11.1 Å². The number of nitrogens with two attached hydrogens (primary N) is 1. The van der Waals surface area contributed by atoms with Crippen LogP contribution in [-0.2, 0) is 14.9 Å². The lowest BCUT2D eigenvalue weighted by molar-refractivity contribution is -0.121. The summed E-state index contributed by atoms with van der Waals surface area (Å²) in [6.45, 7) is 3.77. The molecule has 0 spiro atoms. The van der Waals surface area contributed by atoms with E-state index in [1.54, 1.807) is 0 Å². The van der Waals surface area contributed by atoms with Gasteiger partial charge >= 0.3 is 0 Å². The highest BCUT2D eigenvalue weighted by Crippen LogP contribution is 2.34. The molecule has 0 bridgehead atoms. The molecule has 1 atom stereocenters. The van der Waals surface area contributed by atoms with Gasteiger partial charge in [0, 0.05) is 37.6 Å². The summed E-state index contributed by atoms with van der Waals surface area (Å²) in [5.41, 5.74) is 6.57. The first kappa shape index (κ1) is 16.9. The van der Waals surface area contributed by atoms with Gasteiger partial charge in [0.1, 0.15) is 5.82 Å². The normalized spacial score (nSPS) is 18.7. The fraction of sp³-hybridized carbons (Fsp3) is 0.588. The molecule has 1 aliphatic rings. The van der Waals surface area contributed by atoms with Gasteiger partial charge in [0.15, 0.2) is 0 Å². The number of rotatable bonds is 6. The molecule has 2 rings (SSSR count). The Morgan fingerprint density at radius 2 is 2.00 bits per heavy atom. The van der Waals surface area contributed by atoms with Crippen LogP contribution in [-0.4, -0.2) is 31.7 Å². The molecule has 0 aliphatic carbocycles. The van der Waals surface area contributed by atoms with Crippen LogP contribution in [0.3, 0.4) is 0 Å². The fourth-order valence-electron chi connectivity index (χ4n) is 2.85. The molecule has 1 aromatic rings. The fourth-order valence-corrected chi connectivity index (χ4v) is 2.85. The minimum Gasteiger partial charge on any atom is -0.381 e. The summed E-state index contributed by atoms with van der Waals surface area (Å²) >= 11 is 0. The zero-order valence-corrected chi connectivity index (χ0v) is 13.1. The maximum atomic E-state index is 13.2. The highest BCUT2D eigenvalue weighted by Gasteiger charge is 2.34. The minimum absolute atomic E-state index is 0.0188. The lowest BCUT2D eigenvalue weighted by Gasteiger charge is -2.38. The van der Waals surface area contributed by atoms with E-state index >= 15 is 0 Å². The Morgan fingerprint density at radius 1 is 1.36 bits per heavy atom. The molecule has 1 fully saturated rings. The van der Waals surface area contributed by atoms with Crippen LogP contribution in [0, 0.1) is 5.82 Å². The van der Waals surface area contributed by atoms with E-state index in [2.05, 4.69) is 5.32 Å². The number of carbonyl (C=O) groups is 1. The van der Waals surface area contributed by atoms with Gasteiger partial charge in [-0.25, -0.2) is 4.39 Å². The quantitative estimate of drug-likeness (QED) is 0.846. The van der Waals surface area contributed by atoms with Gasteiger partial charge in [-0.05, 0) is 43.9 Å². The summed E-state index contributed by atoms with van der Waals surface area (Å²) in [5.74, 6) is -0.225. The highest BCUT2D eigenvalue weighted by molar-refractivity contribution is 5.76. The van der Waals surface area contributed by atoms with E-state index in [4.69, 9.17) is 10.5 Å². The van der Waals surface area contributed by atoms with E-state index in [-0.39, 0.29) is 23.2 Å². The monoisotopic (exact) mass is 308 g/mol. The smallest absolute Gasteiger partial charge is 0.220 e. The second-order valence-corrected chi connectivity index (χ2v) is 6.19. The molecule has 1 aliphatic heterocycles. The Kier molecular flexibility index (Phi) is 5.91. The van der Waals surface area contributed by atoms with Crippen molar-refractivity contribution in [1.82, 2.24) is 5.32 Å². The van der Waals surface area contributed by atoms with Gasteiger partial charge in [-0.2, -0.15) is 0 Å². The van der Waals surface area contributed by atoms with Gasteiger partial charge in [0.05, 0.1) is 0 Å². The Labute approximate surface area is 131 Å². The van der Waals surface area contributed by atoms with Gasteiger partial charge in [0.2, 0.25) is 5.91 Å². The summed E-state index contributed by atoms with van der Waals surface area (Å²) in [7, 11) is 0. The SMILES string of the molecule is CC(N)CCC(=O)NCC1(c2ccc(F)cc2)CCOCC1. The van der Waals surface area contributed by atoms with Crippen LogP contribution in [0.2, 0.25) is 0 Å². The number of benzene rings is 1. The molecule has 5 heteroatoms. The Morgan fingerprint density at radius 3 is 2.59 bits per heavy atom. The van der Waals surface area contributed by atoms with E-state index in [1.165, 1.54) is 12.1 Å². The number of carbonyl (C=O) groups excluding carboxylic acids is 1. The second-order valence-electron chi connectivity index (χ2n) is 6.19. The van der Waals surface area contributed by atoms with Crippen LogP contribution >= 0.6 is 0 Å². The van der Waals surface area contributed by atoms with Gasteiger partial charge < -0.3 is 15.8 Å². The van der Waals surface area contributed by atoms with E-state index in [9.17, 15) is 9.18 Å². The molecule has 122 valence electrons. The van der Waals surface area contributed by atoms with Crippen molar-refractivity contribution in [2.75, 3.05) is 19.8 Å². The number of nitrogens with one attached hydrogen (secondary N) is 1. The molecule has 3 N–H and O–H groups in total. The Hall–Kier alpha value is -1.46. The molecular weight excluding hydrogens is 283 g/mol. The molecule has 1 amide bonds. The molecule has 0 radical (unpaired) electrons. The Bertz CT molecular complexity index is 482. The average molecular weight is 308 g/mol. The van der Waals surface area contributed by atoms with Crippen molar-refractivity contribution in [3.05, 3.63) is 35.6 Å². The predicted octanol–water partition coefficient (Wildman–Crippen LogP) is 2.12. The molecule has 22 heavy (non-hydrogen) atoms. The molecule has 1 heterocycles. The molecule has 1 aromatic carbocycles. The standard InChI is InChI=1S/C17H25FN2O2/c1-13(19)2-7-16(21)20-12-17(8-10-22-11-9-17)14-3-5-15(18)6-4-14/h3-6,13H,2,7-12,19H2,1H3,(H,20,21). The molecular formula is C17H25FN2O2. The van der Waals surface area contributed by atoms with Crippen LogP contribution in [0.4, 0.5) is 4.39 Å². The Balaban J connectivity index is 2.03. The van der Waals surface area contributed by atoms with Crippen molar-refractivity contribution < 1.29 is 13.9 Å². The lowest BCUT2D eigenvalue weighted by Crippen LogP contribution is -2.44. The van der Waals surface area contributed by atoms with Gasteiger partial charge in [-0.1, -0.05) is 12.1 Å². The van der Waals surface area contributed by atoms with Gasteiger partial charge in [-0.3, -0.25) is 4.79 Å². The van der Waals surface area contributed by atoms with Crippen molar-refractivity contribution >= 4 is 5.91 Å². The van der Waals surface area contributed by atoms with E-state index < -0.39 is 0 Å². The molecule has 0 aromatic heterocycles. The average Bonchev–Trinajstić information content (AvgIpc) is 2.52. The van der Waals surface area contributed by atoms with Crippen LogP contribution in [0.5, 0.6) is 0 Å². The van der Waals surface area contributed by atoms with Crippen molar-refractivity contribution in [3.8, 4) is 0 Å². The number of hydrogen-bond acceptors (Lipinski definition) is 3. The largest absolute Gasteiger partial charge is 0.381 e. The third-order valence-corrected chi connectivity index (χ3v) is 4.36. The summed E-state index contributed by atoms with van der Waals surface area (Å²) < 4.78 is 18.6. The minimum atomic E-state index is -0.244. The topological polar surface area (TPSA) is 64.4 Å². The maximum Gasteiger partial charge on any atom is 0.220 e. The lowest BCUT2D eigenvalue weighted by atomic mass is 9.74. The predicted molar refractivity (Wildman–Crippen MR) is 84.0 cm³/mol. The first-order valence-corrected chi connectivity index (χ1v) is 7.88.